The summed E-state index contributed by atoms with van der Waals surface area (Å²) in [6.45, 7) is 6.23. The summed E-state index contributed by atoms with van der Waals surface area (Å²) >= 11 is 0. The Balaban J connectivity index is 2.08. The molecule has 6 nitrogen and oxygen atoms in total. The van der Waals surface area contributed by atoms with Crippen molar-refractivity contribution in [1.82, 2.24) is 4.90 Å². The van der Waals surface area contributed by atoms with Crippen molar-refractivity contribution < 1.29 is 14.3 Å². The first-order chi connectivity index (χ1) is 13.0. The van der Waals surface area contributed by atoms with Gasteiger partial charge in [0, 0.05) is 19.3 Å². The molecule has 1 N–H and O–H groups in total. The number of amides is 1. The summed E-state index contributed by atoms with van der Waals surface area (Å²) in [5, 5.41) is 12.1. The van der Waals surface area contributed by atoms with Crippen LogP contribution in [0.4, 0.5) is 5.69 Å². The highest BCUT2D eigenvalue weighted by atomic mass is 16.5. The lowest BCUT2D eigenvalue weighted by atomic mass is 9.99. The van der Waals surface area contributed by atoms with Gasteiger partial charge in [-0.3, -0.25) is 4.79 Å². The SMILES string of the molecule is CCCCOC(=O)c1ccccc1NC(=O)/C(C#N)=C\N1CCC(C)CC1. The largest absolute Gasteiger partial charge is 0.462 e. The zero-order chi connectivity index (χ0) is 19.6. The van der Waals surface area contributed by atoms with Crippen molar-refractivity contribution in [2.24, 2.45) is 5.92 Å². The fraction of sp³-hybridized carbons (Fsp3) is 0.476. The van der Waals surface area contributed by atoms with Crippen molar-refractivity contribution in [1.29, 1.82) is 5.26 Å². The lowest BCUT2D eigenvalue weighted by Crippen LogP contribution is -2.30. The van der Waals surface area contributed by atoms with Crippen LogP contribution in [0.25, 0.3) is 0 Å². The van der Waals surface area contributed by atoms with E-state index in [0.29, 0.717) is 18.2 Å². The first kappa shape index (κ1) is 20.5. The number of nitriles is 1. The molecule has 2 rings (SSSR count). The lowest BCUT2D eigenvalue weighted by Gasteiger charge is -2.29. The number of likely N-dealkylation sites (tertiary alicyclic amines) is 1. The number of benzene rings is 1. The molecular weight excluding hydrogens is 342 g/mol. The molecule has 0 bridgehead atoms. The van der Waals surface area contributed by atoms with Crippen molar-refractivity contribution in [2.45, 2.75) is 39.5 Å². The Kier molecular flexibility index (Phi) is 7.87. The minimum Gasteiger partial charge on any atom is -0.462 e. The second-order valence-corrected chi connectivity index (χ2v) is 6.86. The monoisotopic (exact) mass is 369 g/mol. The number of carbonyl (C=O) groups is 2. The molecule has 1 amide bonds. The summed E-state index contributed by atoms with van der Waals surface area (Å²) in [5.41, 5.74) is 0.655. The van der Waals surface area contributed by atoms with Crippen molar-refractivity contribution in [2.75, 3.05) is 25.0 Å². The summed E-state index contributed by atoms with van der Waals surface area (Å²) in [4.78, 5) is 26.8. The van der Waals surface area contributed by atoms with Crippen LogP contribution in [0.1, 0.15) is 49.9 Å². The quantitative estimate of drug-likeness (QED) is 0.343. The highest BCUT2D eigenvalue weighted by Crippen LogP contribution is 2.19. The molecule has 1 aromatic rings. The number of hydrogen-bond donors (Lipinski definition) is 1. The van der Waals surface area contributed by atoms with Gasteiger partial charge in [0.05, 0.1) is 17.9 Å². The molecule has 0 saturated carbocycles. The number of nitrogens with zero attached hydrogens (tertiary/aromatic N) is 2. The highest BCUT2D eigenvalue weighted by Gasteiger charge is 2.19. The molecule has 1 fully saturated rings. The second-order valence-electron chi connectivity index (χ2n) is 6.86. The second kappa shape index (κ2) is 10.4. The van der Waals surface area contributed by atoms with Crippen LogP contribution in [0.2, 0.25) is 0 Å². The van der Waals surface area contributed by atoms with Gasteiger partial charge < -0.3 is 15.0 Å². The molecule has 1 aliphatic rings. The molecule has 1 aliphatic heterocycles. The Bertz CT molecular complexity index is 728. The van der Waals surface area contributed by atoms with E-state index in [1.165, 1.54) is 0 Å². The summed E-state index contributed by atoms with van der Waals surface area (Å²) in [6, 6.07) is 8.63. The predicted molar refractivity (Wildman–Crippen MR) is 104 cm³/mol. The molecule has 0 radical (unpaired) electrons. The third-order valence-corrected chi connectivity index (χ3v) is 4.62. The zero-order valence-corrected chi connectivity index (χ0v) is 16.0. The molecule has 0 aliphatic carbocycles. The number of unbranched alkanes of at least 4 members (excludes halogenated alkanes) is 1. The molecule has 144 valence electrons. The molecule has 1 aromatic carbocycles. The summed E-state index contributed by atoms with van der Waals surface area (Å²) < 4.78 is 5.23. The van der Waals surface area contributed by atoms with Crippen LogP contribution in [0.15, 0.2) is 36.0 Å². The van der Waals surface area contributed by atoms with E-state index in [2.05, 4.69) is 12.2 Å². The fourth-order valence-corrected chi connectivity index (χ4v) is 2.83. The maximum atomic E-state index is 12.5. The van der Waals surface area contributed by atoms with E-state index < -0.39 is 11.9 Å². The van der Waals surface area contributed by atoms with Gasteiger partial charge in [0.1, 0.15) is 11.6 Å². The van der Waals surface area contributed by atoms with Gasteiger partial charge in [0.15, 0.2) is 0 Å². The van der Waals surface area contributed by atoms with Gasteiger partial charge in [-0.1, -0.05) is 32.4 Å². The molecule has 0 spiro atoms. The minimum absolute atomic E-state index is 0.0266. The normalized spacial score (nSPS) is 15.1. The number of esters is 1. The Morgan fingerprint density at radius 1 is 1.33 bits per heavy atom. The van der Waals surface area contributed by atoms with E-state index in [0.717, 1.165) is 38.8 Å². The standard InChI is InChI=1S/C21H27N3O3/c1-3-4-13-27-21(26)18-7-5-6-8-19(18)23-20(25)17(14-22)15-24-11-9-16(2)10-12-24/h5-8,15-16H,3-4,9-13H2,1-2H3,(H,23,25)/b17-15-. The molecule has 1 saturated heterocycles. The average molecular weight is 369 g/mol. The van der Waals surface area contributed by atoms with Gasteiger partial charge in [-0.05, 0) is 37.3 Å². The van der Waals surface area contributed by atoms with E-state index in [4.69, 9.17) is 4.74 Å². The Morgan fingerprint density at radius 3 is 2.70 bits per heavy atom. The topological polar surface area (TPSA) is 82.4 Å². The van der Waals surface area contributed by atoms with Gasteiger partial charge >= 0.3 is 5.97 Å². The molecule has 0 atom stereocenters. The van der Waals surface area contributed by atoms with Gasteiger partial charge in [-0.2, -0.15) is 5.26 Å². The first-order valence-corrected chi connectivity index (χ1v) is 9.48. The molecule has 0 unspecified atom stereocenters. The lowest BCUT2D eigenvalue weighted by molar-refractivity contribution is -0.112. The van der Waals surface area contributed by atoms with Crippen LogP contribution in [-0.2, 0) is 9.53 Å². The third-order valence-electron chi connectivity index (χ3n) is 4.62. The van der Waals surface area contributed by atoms with E-state index in [9.17, 15) is 14.9 Å². The zero-order valence-electron chi connectivity index (χ0n) is 16.0. The third kappa shape index (κ3) is 6.14. The average Bonchev–Trinajstić information content (AvgIpc) is 2.68. The number of hydrogen-bond acceptors (Lipinski definition) is 5. The maximum Gasteiger partial charge on any atom is 0.340 e. The van der Waals surface area contributed by atoms with Crippen molar-refractivity contribution in [3.05, 3.63) is 41.6 Å². The summed E-state index contributed by atoms with van der Waals surface area (Å²) in [7, 11) is 0. The minimum atomic E-state index is -0.523. The van der Waals surface area contributed by atoms with Crippen LogP contribution in [-0.4, -0.2) is 36.5 Å². The molecule has 6 heteroatoms. The van der Waals surface area contributed by atoms with E-state index in [1.807, 2.05) is 17.9 Å². The summed E-state index contributed by atoms with van der Waals surface area (Å²) in [5.74, 6) is -0.337. The van der Waals surface area contributed by atoms with Crippen LogP contribution in [0, 0.1) is 17.2 Å². The van der Waals surface area contributed by atoms with E-state index in [-0.39, 0.29) is 11.1 Å². The van der Waals surface area contributed by atoms with Crippen LogP contribution in [0.5, 0.6) is 0 Å². The molecular formula is C21H27N3O3. The Labute approximate surface area is 160 Å². The fourth-order valence-electron chi connectivity index (χ4n) is 2.83. The van der Waals surface area contributed by atoms with Crippen molar-refractivity contribution in [3.63, 3.8) is 0 Å². The van der Waals surface area contributed by atoms with Gasteiger partial charge in [-0.15, -0.1) is 0 Å². The van der Waals surface area contributed by atoms with Gasteiger partial charge in [0.2, 0.25) is 0 Å². The molecule has 27 heavy (non-hydrogen) atoms. The number of nitrogens with one attached hydrogen (secondary N) is 1. The maximum absolute atomic E-state index is 12.5. The van der Waals surface area contributed by atoms with E-state index in [1.54, 1.807) is 30.5 Å². The number of piperidine rings is 1. The van der Waals surface area contributed by atoms with Crippen molar-refractivity contribution >= 4 is 17.6 Å². The first-order valence-electron chi connectivity index (χ1n) is 9.48. The Morgan fingerprint density at radius 2 is 2.04 bits per heavy atom. The van der Waals surface area contributed by atoms with Gasteiger partial charge in [-0.25, -0.2) is 4.79 Å². The molecule has 1 heterocycles. The number of para-hydroxylation sites is 1. The highest BCUT2D eigenvalue weighted by molar-refractivity contribution is 6.09. The van der Waals surface area contributed by atoms with Gasteiger partial charge in [0.25, 0.3) is 5.91 Å². The van der Waals surface area contributed by atoms with E-state index >= 15 is 0 Å². The number of anilines is 1. The Hall–Kier alpha value is -2.81. The smallest absolute Gasteiger partial charge is 0.340 e. The van der Waals surface area contributed by atoms with Crippen LogP contribution >= 0.6 is 0 Å². The number of ether oxygens (including phenoxy) is 1. The van der Waals surface area contributed by atoms with Crippen molar-refractivity contribution in [3.8, 4) is 6.07 Å². The summed E-state index contributed by atoms with van der Waals surface area (Å²) in [6.07, 6.45) is 5.42. The van der Waals surface area contributed by atoms with Crippen LogP contribution in [0.3, 0.4) is 0 Å². The number of carbonyl (C=O) groups excluding carboxylic acids is 2. The predicted octanol–water partition coefficient (Wildman–Crippen LogP) is 3.72. The number of rotatable bonds is 7. The molecule has 0 aromatic heterocycles. The van der Waals surface area contributed by atoms with Crippen LogP contribution < -0.4 is 5.32 Å².